The van der Waals surface area contributed by atoms with Crippen LogP contribution in [0.3, 0.4) is 0 Å². The van der Waals surface area contributed by atoms with E-state index in [0.29, 0.717) is 24.5 Å². The molecule has 0 unspecified atom stereocenters. The van der Waals surface area contributed by atoms with Crippen LogP contribution in [0.2, 0.25) is 0 Å². The third kappa shape index (κ3) is 3.53. The molecule has 100 valence electrons. The summed E-state index contributed by atoms with van der Waals surface area (Å²) >= 11 is 0. The highest BCUT2D eigenvalue weighted by Gasteiger charge is 2.17. The van der Waals surface area contributed by atoms with E-state index >= 15 is 0 Å². The smallest absolute Gasteiger partial charge is 0.170 e. The summed E-state index contributed by atoms with van der Waals surface area (Å²) in [7, 11) is 0. The van der Waals surface area contributed by atoms with Crippen LogP contribution in [0.15, 0.2) is 24.9 Å². The molecule has 4 heteroatoms. The first-order valence-corrected chi connectivity index (χ1v) is 6.33. The number of pyridine rings is 1. The minimum absolute atomic E-state index is 0.180. The van der Waals surface area contributed by atoms with E-state index in [9.17, 15) is 4.39 Å². The molecular weight excluding hydrogens is 229 g/mol. The van der Waals surface area contributed by atoms with Crippen LogP contribution in [0.25, 0.3) is 0 Å². The first-order chi connectivity index (χ1) is 8.61. The third-order valence-corrected chi connectivity index (χ3v) is 2.74. The van der Waals surface area contributed by atoms with Gasteiger partial charge in [0.1, 0.15) is 0 Å². The molecule has 0 bridgehead atoms. The highest BCUT2D eigenvalue weighted by molar-refractivity contribution is 5.44. The van der Waals surface area contributed by atoms with Gasteiger partial charge in [-0.2, -0.15) is 0 Å². The molecule has 0 saturated heterocycles. The van der Waals surface area contributed by atoms with Crippen molar-refractivity contribution >= 4 is 5.82 Å². The van der Waals surface area contributed by atoms with Crippen molar-refractivity contribution in [2.45, 2.75) is 33.4 Å². The largest absolute Gasteiger partial charge is 0.348 e. The van der Waals surface area contributed by atoms with Gasteiger partial charge in [0.25, 0.3) is 0 Å². The summed E-state index contributed by atoms with van der Waals surface area (Å²) in [6.07, 6.45) is 3.42. The van der Waals surface area contributed by atoms with Crippen molar-refractivity contribution in [3.05, 3.63) is 36.3 Å². The van der Waals surface area contributed by atoms with Crippen molar-refractivity contribution in [3.63, 3.8) is 0 Å². The van der Waals surface area contributed by atoms with Gasteiger partial charge in [0.2, 0.25) is 0 Å². The monoisotopic (exact) mass is 251 g/mol. The predicted molar refractivity (Wildman–Crippen MR) is 74.3 cm³/mol. The normalized spacial score (nSPS) is 10.7. The molecule has 0 saturated carbocycles. The molecule has 0 aliphatic rings. The zero-order valence-corrected chi connectivity index (χ0v) is 11.4. The summed E-state index contributed by atoms with van der Waals surface area (Å²) in [5.74, 6) is 0.161. The summed E-state index contributed by atoms with van der Waals surface area (Å²) in [4.78, 5) is 6.06. The van der Waals surface area contributed by atoms with Gasteiger partial charge >= 0.3 is 0 Å². The fourth-order valence-electron chi connectivity index (χ4n) is 1.75. The Labute approximate surface area is 109 Å². The Bertz CT molecular complexity index is 391. The zero-order chi connectivity index (χ0) is 13.5. The van der Waals surface area contributed by atoms with E-state index in [-0.39, 0.29) is 11.9 Å². The minimum atomic E-state index is -0.242. The molecule has 1 N–H and O–H groups in total. The van der Waals surface area contributed by atoms with E-state index < -0.39 is 0 Å². The van der Waals surface area contributed by atoms with Crippen LogP contribution >= 0.6 is 0 Å². The SMILES string of the molecule is C=CCN(c1nccc(CNCC)c1F)C(C)C. The van der Waals surface area contributed by atoms with E-state index in [1.807, 2.05) is 25.7 Å². The minimum Gasteiger partial charge on any atom is -0.348 e. The predicted octanol–water partition coefficient (Wildman–Crippen LogP) is 2.73. The van der Waals surface area contributed by atoms with E-state index in [0.717, 1.165) is 6.54 Å². The summed E-state index contributed by atoms with van der Waals surface area (Å²) in [5.41, 5.74) is 0.650. The highest BCUT2D eigenvalue weighted by atomic mass is 19.1. The Morgan fingerprint density at radius 1 is 1.56 bits per heavy atom. The van der Waals surface area contributed by atoms with Crippen LogP contribution in [-0.2, 0) is 6.54 Å². The van der Waals surface area contributed by atoms with Crippen molar-refractivity contribution in [2.24, 2.45) is 0 Å². The van der Waals surface area contributed by atoms with E-state index in [1.165, 1.54) is 0 Å². The lowest BCUT2D eigenvalue weighted by atomic mass is 10.2. The van der Waals surface area contributed by atoms with Crippen LogP contribution in [0, 0.1) is 5.82 Å². The molecule has 0 aliphatic heterocycles. The van der Waals surface area contributed by atoms with Gasteiger partial charge in [-0.1, -0.05) is 13.0 Å². The highest BCUT2D eigenvalue weighted by Crippen LogP contribution is 2.21. The fourth-order valence-corrected chi connectivity index (χ4v) is 1.75. The number of rotatable bonds is 7. The molecule has 0 radical (unpaired) electrons. The molecule has 1 aromatic rings. The molecular formula is C14H22FN3. The van der Waals surface area contributed by atoms with Crippen molar-refractivity contribution in [1.82, 2.24) is 10.3 Å². The van der Waals surface area contributed by atoms with Gasteiger partial charge < -0.3 is 10.2 Å². The second kappa shape index (κ2) is 7.11. The lowest BCUT2D eigenvalue weighted by molar-refractivity contribution is 0.572. The number of nitrogens with one attached hydrogen (secondary N) is 1. The van der Waals surface area contributed by atoms with Gasteiger partial charge in [-0.15, -0.1) is 6.58 Å². The summed E-state index contributed by atoms with van der Waals surface area (Å²) in [6.45, 7) is 11.7. The van der Waals surface area contributed by atoms with Gasteiger partial charge in [-0.3, -0.25) is 0 Å². The Morgan fingerprint density at radius 2 is 2.28 bits per heavy atom. The first-order valence-electron chi connectivity index (χ1n) is 6.33. The van der Waals surface area contributed by atoms with Crippen molar-refractivity contribution in [2.75, 3.05) is 18.0 Å². The van der Waals surface area contributed by atoms with Crippen LogP contribution in [-0.4, -0.2) is 24.1 Å². The number of nitrogens with zero attached hydrogens (tertiary/aromatic N) is 2. The van der Waals surface area contributed by atoms with Gasteiger partial charge in [-0.25, -0.2) is 9.37 Å². The summed E-state index contributed by atoms with van der Waals surface area (Å²) in [6, 6.07) is 1.90. The molecule has 0 fully saturated rings. The number of hydrogen-bond donors (Lipinski definition) is 1. The van der Waals surface area contributed by atoms with Crippen molar-refractivity contribution < 1.29 is 4.39 Å². The molecule has 0 spiro atoms. The van der Waals surface area contributed by atoms with Gasteiger partial charge in [0.15, 0.2) is 11.6 Å². The topological polar surface area (TPSA) is 28.2 Å². The Hall–Kier alpha value is -1.42. The number of hydrogen-bond acceptors (Lipinski definition) is 3. The maximum Gasteiger partial charge on any atom is 0.170 e. The molecule has 0 aliphatic carbocycles. The van der Waals surface area contributed by atoms with E-state index in [4.69, 9.17) is 0 Å². The molecule has 1 aromatic heterocycles. The maximum atomic E-state index is 14.4. The lowest BCUT2D eigenvalue weighted by Crippen LogP contribution is -2.32. The van der Waals surface area contributed by atoms with Gasteiger partial charge in [0.05, 0.1) is 0 Å². The summed E-state index contributed by atoms with van der Waals surface area (Å²) < 4.78 is 14.4. The van der Waals surface area contributed by atoms with E-state index in [1.54, 1.807) is 18.3 Å². The summed E-state index contributed by atoms with van der Waals surface area (Å²) in [5, 5.41) is 3.13. The van der Waals surface area contributed by atoms with Gasteiger partial charge in [-0.05, 0) is 26.5 Å². The van der Waals surface area contributed by atoms with Crippen LogP contribution < -0.4 is 10.2 Å². The second-order valence-electron chi connectivity index (χ2n) is 4.42. The Morgan fingerprint density at radius 3 is 2.83 bits per heavy atom. The van der Waals surface area contributed by atoms with Crippen LogP contribution in [0.5, 0.6) is 0 Å². The third-order valence-electron chi connectivity index (χ3n) is 2.74. The first kappa shape index (κ1) is 14.6. The van der Waals surface area contributed by atoms with Crippen LogP contribution in [0.4, 0.5) is 10.2 Å². The second-order valence-corrected chi connectivity index (χ2v) is 4.42. The molecule has 3 nitrogen and oxygen atoms in total. The average molecular weight is 251 g/mol. The fraction of sp³-hybridized carbons (Fsp3) is 0.500. The quantitative estimate of drug-likeness (QED) is 0.755. The Kier molecular flexibility index (Phi) is 5.78. The van der Waals surface area contributed by atoms with Crippen molar-refractivity contribution in [3.8, 4) is 0 Å². The number of halogens is 1. The molecule has 18 heavy (non-hydrogen) atoms. The molecule has 0 atom stereocenters. The molecule has 1 heterocycles. The zero-order valence-electron chi connectivity index (χ0n) is 11.4. The maximum absolute atomic E-state index is 14.4. The number of aromatic nitrogens is 1. The molecule has 1 rings (SSSR count). The lowest BCUT2D eigenvalue weighted by Gasteiger charge is -2.27. The standard InChI is InChI=1S/C14H22FN3/c1-5-9-18(11(3)4)14-13(15)12(7-8-17-14)10-16-6-2/h5,7-8,11,16H,1,6,9-10H2,2-4H3. The van der Waals surface area contributed by atoms with Crippen LogP contribution in [0.1, 0.15) is 26.3 Å². The van der Waals surface area contributed by atoms with Gasteiger partial charge in [0, 0.05) is 30.9 Å². The number of anilines is 1. The molecule has 0 amide bonds. The average Bonchev–Trinajstić information content (AvgIpc) is 2.35. The molecule has 0 aromatic carbocycles. The van der Waals surface area contributed by atoms with Crippen molar-refractivity contribution in [1.29, 1.82) is 0 Å². The Balaban J connectivity index is 3.03. The van der Waals surface area contributed by atoms with E-state index in [2.05, 4.69) is 16.9 Å².